The number of carbonyl (C=O) groups is 3. The Balaban J connectivity index is 1.88. The topological polar surface area (TPSA) is 120 Å². The van der Waals surface area contributed by atoms with Crippen LogP contribution in [0.15, 0.2) is 24.3 Å². The molecule has 0 aliphatic heterocycles. The first-order valence-electron chi connectivity index (χ1n) is 10.4. The molecule has 1 fully saturated rings. The fourth-order valence-electron chi connectivity index (χ4n) is 3.28. The van der Waals surface area contributed by atoms with Crippen molar-refractivity contribution in [2.24, 2.45) is 5.92 Å². The average molecular weight is 415 g/mol. The van der Waals surface area contributed by atoms with E-state index in [1.807, 2.05) is 19.9 Å². The van der Waals surface area contributed by atoms with Crippen LogP contribution in [0.5, 0.6) is 0 Å². The van der Waals surface area contributed by atoms with Gasteiger partial charge in [-0.3, -0.25) is 9.59 Å². The van der Waals surface area contributed by atoms with E-state index in [0.717, 1.165) is 32.1 Å². The number of hydrogen-bond acceptors (Lipinski definition) is 5. The van der Waals surface area contributed by atoms with E-state index in [1.165, 1.54) is 0 Å². The zero-order valence-electron chi connectivity index (χ0n) is 17.7. The van der Waals surface area contributed by atoms with Crippen LogP contribution in [0.25, 0.3) is 0 Å². The number of nitriles is 1. The van der Waals surface area contributed by atoms with Gasteiger partial charge in [0.2, 0.25) is 11.8 Å². The lowest BCUT2D eigenvalue weighted by Gasteiger charge is -2.26. The fraction of sp³-hybridized carbons (Fsp3) is 0.545. The van der Waals surface area contributed by atoms with Crippen molar-refractivity contribution in [3.8, 4) is 6.07 Å². The highest BCUT2D eigenvalue weighted by Gasteiger charge is 2.28. The first-order chi connectivity index (χ1) is 14.3. The lowest BCUT2D eigenvalue weighted by molar-refractivity contribution is -0.128. The second kappa shape index (κ2) is 11.2. The van der Waals surface area contributed by atoms with Gasteiger partial charge < -0.3 is 20.7 Å². The molecule has 0 saturated heterocycles. The number of rotatable bonds is 7. The smallest absolute Gasteiger partial charge is 0.408 e. The summed E-state index contributed by atoms with van der Waals surface area (Å²) in [6, 6.07) is 6.80. The number of alkyl carbamates (subject to hydrolysis) is 1. The van der Waals surface area contributed by atoms with Crippen LogP contribution in [0.1, 0.15) is 58.4 Å². The monoisotopic (exact) mass is 414 g/mol. The molecule has 3 N–H and O–H groups in total. The predicted molar refractivity (Wildman–Crippen MR) is 113 cm³/mol. The summed E-state index contributed by atoms with van der Waals surface area (Å²) in [5.74, 6) is -1.04. The van der Waals surface area contributed by atoms with Gasteiger partial charge in [-0.05, 0) is 62.8 Å². The van der Waals surface area contributed by atoms with Crippen LogP contribution < -0.4 is 16.0 Å². The molecule has 1 aromatic carbocycles. The van der Waals surface area contributed by atoms with Gasteiger partial charge >= 0.3 is 6.09 Å². The molecule has 2 rings (SSSR count). The fourth-order valence-corrected chi connectivity index (χ4v) is 3.28. The van der Waals surface area contributed by atoms with Crippen LogP contribution in [-0.4, -0.2) is 36.1 Å². The Labute approximate surface area is 177 Å². The molecule has 8 nitrogen and oxygen atoms in total. The van der Waals surface area contributed by atoms with E-state index in [2.05, 4.69) is 16.0 Å². The van der Waals surface area contributed by atoms with Gasteiger partial charge in [0, 0.05) is 5.69 Å². The third kappa shape index (κ3) is 7.07. The van der Waals surface area contributed by atoms with Crippen molar-refractivity contribution in [2.75, 3.05) is 5.32 Å². The maximum absolute atomic E-state index is 12.7. The van der Waals surface area contributed by atoms with Gasteiger partial charge in [0.05, 0.1) is 11.6 Å². The minimum atomic E-state index is -0.814. The molecule has 0 bridgehead atoms. The molecule has 0 unspecified atom stereocenters. The zero-order valence-corrected chi connectivity index (χ0v) is 17.7. The molecule has 1 aliphatic carbocycles. The lowest BCUT2D eigenvalue weighted by Crippen LogP contribution is -2.54. The maximum Gasteiger partial charge on any atom is 0.408 e. The minimum absolute atomic E-state index is 0.105. The highest BCUT2D eigenvalue weighted by molar-refractivity contribution is 5.98. The summed E-state index contributed by atoms with van der Waals surface area (Å²) in [5.41, 5.74) is 1.01. The van der Waals surface area contributed by atoms with Crippen LogP contribution >= 0.6 is 0 Å². The van der Waals surface area contributed by atoms with Crippen molar-refractivity contribution >= 4 is 23.6 Å². The van der Waals surface area contributed by atoms with Gasteiger partial charge in [-0.2, -0.15) is 5.26 Å². The Morgan fingerprint density at radius 1 is 1.00 bits per heavy atom. The van der Waals surface area contributed by atoms with E-state index in [0.29, 0.717) is 11.3 Å². The second-order valence-corrected chi connectivity index (χ2v) is 7.94. The molecular weight excluding hydrogens is 384 g/mol. The molecule has 1 aliphatic rings. The Hall–Kier alpha value is -3.08. The number of carbonyl (C=O) groups excluding carboxylic acids is 3. The summed E-state index contributed by atoms with van der Waals surface area (Å²) < 4.78 is 5.44. The number of ether oxygens (including phenoxy) is 1. The van der Waals surface area contributed by atoms with E-state index in [4.69, 9.17) is 10.00 Å². The Morgan fingerprint density at radius 2 is 1.63 bits per heavy atom. The first-order valence-corrected chi connectivity index (χ1v) is 10.4. The second-order valence-electron chi connectivity index (χ2n) is 7.94. The molecule has 0 aromatic heterocycles. The summed E-state index contributed by atoms with van der Waals surface area (Å²) in [5, 5.41) is 16.8. The summed E-state index contributed by atoms with van der Waals surface area (Å²) >= 11 is 0. The molecule has 1 saturated carbocycles. The molecule has 1 aromatic rings. The average Bonchev–Trinajstić information content (AvgIpc) is 2.72. The maximum atomic E-state index is 12.7. The van der Waals surface area contributed by atoms with Crippen molar-refractivity contribution in [1.82, 2.24) is 10.6 Å². The Bertz CT molecular complexity index is 779. The number of nitrogens with one attached hydrogen (secondary N) is 3. The van der Waals surface area contributed by atoms with Crippen molar-refractivity contribution in [1.29, 1.82) is 5.26 Å². The molecule has 8 heteroatoms. The summed E-state index contributed by atoms with van der Waals surface area (Å²) in [4.78, 5) is 37.3. The SMILES string of the molecule is CC(C)[C@H](NC(=O)OC1CCCCC1)C(=O)N[C@H](C)C(=O)Nc1ccc(C#N)cc1. The molecule has 162 valence electrons. The standard InChI is InChI=1S/C22H30N4O4/c1-14(2)19(26-22(29)30-18-7-5-4-6-8-18)21(28)24-15(3)20(27)25-17-11-9-16(13-23)10-12-17/h9-12,14-15,18-19H,4-8H2,1-3H3,(H,24,28)(H,25,27)(H,26,29)/t15-,19+/m1/s1. The number of nitrogens with zero attached hydrogens (tertiary/aromatic N) is 1. The summed E-state index contributed by atoms with van der Waals surface area (Å²) in [7, 11) is 0. The van der Waals surface area contributed by atoms with Crippen molar-refractivity contribution in [3.05, 3.63) is 29.8 Å². The van der Waals surface area contributed by atoms with Crippen molar-refractivity contribution < 1.29 is 19.1 Å². The van der Waals surface area contributed by atoms with E-state index >= 15 is 0 Å². The van der Waals surface area contributed by atoms with Gasteiger partial charge in [-0.1, -0.05) is 20.3 Å². The molecule has 3 amide bonds. The van der Waals surface area contributed by atoms with Crippen LogP contribution in [-0.2, 0) is 14.3 Å². The molecule has 0 heterocycles. The number of anilines is 1. The molecule has 0 radical (unpaired) electrons. The normalized spacial score (nSPS) is 16.1. The van der Waals surface area contributed by atoms with E-state index < -0.39 is 30.0 Å². The lowest BCUT2D eigenvalue weighted by atomic mass is 9.98. The van der Waals surface area contributed by atoms with Gasteiger partial charge in [0.15, 0.2) is 0 Å². The zero-order chi connectivity index (χ0) is 22.1. The summed E-state index contributed by atoms with van der Waals surface area (Å²) in [6.07, 6.45) is 4.21. The minimum Gasteiger partial charge on any atom is -0.446 e. The first kappa shape index (κ1) is 23.2. The van der Waals surface area contributed by atoms with Gasteiger partial charge in [-0.25, -0.2) is 4.79 Å². The van der Waals surface area contributed by atoms with Crippen LogP contribution in [0, 0.1) is 17.2 Å². The van der Waals surface area contributed by atoms with Crippen molar-refractivity contribution in [2.45, 2.75) is 71.1 Å². The highest BCUT2D eigenvalue weighted by atomic mass is 16.6. The van der Waals surface area contributed by atoms with E-state index in [-0.39, 0.29) is 12.0 Å². The van der Waals surface area contributed by atoms with E-state index in [9.17, 15) is 14.4 Å². The van der Waals surface area contributed by atoms with Crippen LogP contribution in [0.2, 0.25) is 0 Å². The highest BCUT2D eigenvalue weighted by Crippen LogP contribution is 2.20. The van der Waals surface area contributed by atoms with E-state index in [1.54, 1.807) is 31.2 Å². The quantitative estimate of drug-likeness (QED) is 0.633. The molecular formula is C22H30N4O4. The van der Waals surface area contributed by atoms with Gasteiger partial charge in [0.1, 0.15) is 18.2 Å². The number of hydrogen-bond donors (Lipinski definition) is 3. The third-order valence-corrected chi connectivity index (χ3v) is 5.08. The van der Waals surface area contributed by atoms with Gasteiger partial charge in [0.25, 0.3) is 0 Å². The predicted octanol–water partition coefficient (Wildman–Crippen LogP) is 3.08. The van der Waals surface area contributed by atoms with Gasteiger partial charge in [-0.15, -0.1) is 0 Å². The Morgan fingerprint density at radius 3 is 2.20 bits per heavy atom. The third-order valence-electron chi connectivity index (χ3n) is 5.08. The number of amides is 3. The largest absolute Gasteiger partial charge is 0.446 e. The Kier molecular flexibility index (Phi) is 8.66. The number of benzene rings is 1. The summed E-state index contributed by atoms with van der Waals surface area (Å²) in [6.45, 7) is 5.19. The molecule has 30 heavy (non-hydrogen) atoms. The van der Waals surface area contributed by atoms with Crippen molar-refractivity contribution in [3.63, 3.8) is 0 Å². The van der Waals surface area contributed by atoms with Crippen LogP contribution in [0.4, 0.5) is 10.5 Å². The molecule has 2 atom stereocenters. The molecule has 0 spiro atoms. The van der Waals surface area contributed by atoms with Crippen LogP contribution in [0.3, 0.4) is 0 Å².